The minimum absolute atomic E-state index is 0.232. The van der Waals surface area contributed by atoms with Gasteiger partial charge in [-0.2, -0.15) is 0 Å². The smallest absolute Gasteiger partial charge is 0.341 e. The van der Waals surface area contributed by atoms with Gasteiger partial charge in [0.2, 0.25) is 5.91 Å². The van der Waals surface area contributed by atoms with E-state index in [4.69, 9.17) is 27.9 Å². The molecule has 0 spiro atoms. The zero-order chi connectivity index (χ0) is 23.3. The fourth-order valence-electron chi connectivity index (χ4n) is 3.06. The number of esters is 1. The van der Waals surface area contributed by atoms with E-state index in [0.717, 1.165) is 16.0 Å². The monoisotopic (exact) mass is 490 g/mol. The molecule has 1 aromatic heterocycles. The molecule has 1 N–H and O–H groups in total. The molecule has 0 aliphatic heterocycles. The van der Waals surface area contributed by atoms with Gasteiger partial charge in [0.1, 0.15) is 5.00 Å². The van der Waals surface area contributed by atoms with Gasteiger partial charge in [-0.05, 0) is 50.2 Å². The molecule has 1 heterocycles. The summed E-state index contributed by atoms with van der Waals surface area (Å²) < 4.78 is 5.19. The molecule has 0 unspecified atom stereocenters. The summed E-state index contributed by atoms with van der Waals surface area (Å²) in [5.41, 5.74) is 2.18. The van der Waals surface area contributed by atoms with Crippen LogP contribution in [0, 0.1) is 0 Å². The number of nitrogens with zero attached hydrogens (tertiary/aromatic N) is 1. The minimum Gasteiger partial charge on any atom is -0.462 e. The van der Waals surface area contributed by atoms with Gasteiger partial charge in [0, 0.05) is 21.5 Å². The van der Waals surface area contributed by atoms with E-state index >= 15 is 0 Å². The molecule has 168 valence electrons. The molecule has 0 radical (unpaired) electrons. The number of hydrogen-bond donors (Lipinski definition) is 1. The first kappa shape index (κ1) is 24.3. The topological polar surface area (TPSA) is 58.6 Å². The van der Waals surface area contributed by atoms with Crippen molar-refractivity contribution in [2.75, 3.05) is 19.0 Å². The Labute approximate surface area is 201 Å². The highest BCUT2D eigenvalue weighted by Crippen LogP contribution is 2.36. The van der Waals surface area contributed by atoms with Gasteiger partial charge in [-0.1, -0.05) is 59.6 Å². The van der Waals surface area contributed by atoms with Crippen LogP contribution in [0.3, 0.4) is 0 Å². The Bertz CT molecular complexity index is 1100. The predicted octanol–water partition coefficient (Wildman–Crippen LogP) is 6.36. The molecule has 0 bridgehead atoms. The van der Waals surface area contributed by atoms with Crippen LogP contribution in [0.4, 0.5) is 5.00 Å². The molecule has 0 aliphatic carbocycles. The second kappa shape index (κ2) is 11.0. The fourth-order valence-corrected chi connectivity index (χ4v) is 4.58. The van der Waals surface area contributed by atoms with Crippen LogP contribution < -0.4 is 5.32 Å². The van der Waals surface area contributed by atoms with Crippen LogP contribution in [-0.2, 0) is 16.1 Å². The van der Waals surface area contributed by atoms with Crippen LogP contribution >= 0.6 is 34.5 Å². The number of hydrogen-bond acceptors (Lipinski definition) is 5. The maximum Gasteiger partial charge on any atom is 0.341 e. The Morgan fingerprint density at radius 1 is 1.12 bits per heavy atom. The normalized spacial score (nSPS) is 11.9. The van der Waals surface area contributed by atoms with Gasteiger partial charge in [0.15, 0.2) is 0 Å². The van der Waals surface area contributed by atoms with E-state index in [9.17, 15) is 9.59 Å². The largest absolute Gasteiger partial charge is 0.462 e. The van der Waals surface area contributed by atoms with Crippen molar-refractivity contribution in [2.24, 2.45) is 0 Å². The summed E-state index contributed by atoms with van der Waals surface area (Å²) in [7, 11) is 1.84. The number of halogens is 2. The summed E-state index contributed by atoms with van der Waals surface area (Å²) >= 11 is 13.6. The molecule has 0 fully saturated rings. The van der Waals surface area contributed by atoms with Crippen LogP contribution in [0.1, 0.15) is 29.8 Å². The second-order valence-electron chi connectivity index (χ2n) is 7.26. The van der Waals surface area contributed by atoms with Gasteiger partial charge in [0.25, 0.3) is 0 Å². The lowest BCUT2D eigenvalue weighted by atomic mass is 10.1. The van der Waals surface area contributed by atoms with Crippen molar-refractivity contribution >= 4 is 51.4 Å². The average molecular weight is 491 g/mol. The SMILES string of the molecule is CCOC(=O)c1cc(-c2ccccc2)sc1NC(=O)[C@H](C)N(C)Cc1ccc(Cl)cc1Cl. The fraction of sp³-hybridized carbons (Fsp3) is 0.250. The van der Waals surface area contributed by atoms with Crippen molar-refractivity contribution in [3.63, 3.8) is 0 Å². The van der Waals surface area contributed by atoms with Gasteiger partial charge in [-0.3, -0.25) is 9.69 Å². The van der Waals surface area contributed by atoms with Gasteiger partial charge in [-0.15, -0.1) is 11.3 Å². The number of carbonyl (C=O) groups is 2. The number of nitrogens with one attached hydrogen (secondary N) is 1. The molecule has 1 amide bonds. The number of benzene rings is 2. The summed E-state index contributed by atoms with van der Waals surface area (Å²) in [5, 5.41) is 4.49. The third-order valence-corrected chi connectivity index (χ3v) is 6.68. The zero-order valence-corrected chi connectivity index (χ0v) is 20.4. The maximum atomic E-state index is 13.0. The highest BCUT2D eigenvalue weighted by atomic mass is 35.5. The first-order valence-corrected chi connectivity index (χ1v) is 11.7. The van der Waals surface area contributed by atoms with Crippen LogP contribution in [0.25, 0.3) is 10.4 Å². The Morgan fingerprint density at radius 3 is 2.50 bits per heavy atom. The van der Waals surface area contributed by atoms with Crippen molar-refractivity contribution in [3.05, 3.63) is 75.8 Å². The molecule has 8 heteroatoms. The van der Waals surface area contributed by atoms with Gasteiger partial charge < -0.3 is 10.1 Å². The van der Waals surface area contributed by atoms with Crippen molar-refractivity contribution in [3.8, 4) is 10.4 Å². The molecule has 0 aliphatic rings. The van der Waals surface area contributed by atoms with E-state index in [1.165, 1.54) is 11.3 Å². The van der Waals surface area contributed by atoms with Crippen molar-refractivity contribution < 1.29 is 14.3 Å². The number of anilines is 1. The van der Waals surface area contributed by atoms with E-state index in [2.05, 4.69) is 5.32 Å². The van der Waals surface area contributed by atoms with Gasteiger partial charge in [-0.25, -0.2) is 4.79 Å². The van der Waals surface area contributed by atoms with Crippen molar-refractivity contribution in [1.29, 1.82) is 0 Å². The number of carbonyl (C=O) groups excluding carboxylic acids is 2. The lowest BCUT2D eigenvalue weighted by molar-refractivity contribution is -0.120. The Kier molecular flexibility index (Phi) is 8.32. The van der Waals surface area contributed by atoms with Crippen LogP contribution in [0.5, 0.6) is 0 Å². The first-order valence-electron chi connectivity index (χ1n) is 10.1. The number of likely N-dealkylation sites (N-methyl/N-ethyl adjacent to an activating group) is 1. The third kappa shape index (κ3) is 5.90. The van der Waals surface area contributed by atoms with Crippen LogP contribution in [-0.4, -0.2) is 36.5 Å². The summed E-state index contributed by atoms with van der Waals surface area (Å²) in [4.78, 5) is 28.3. The number of rotatable bonds is 8. The minimum atomic E-state index is -0.473. The van der Waals surface area contributed by atoms with E-state index < -0.39 is 12.0 Å². The number of ether oxygens (including phenoxy) is 1. The standard InChI is InChI=1S/C24H24Cl2N2O3S/c1-4-31-24(30)19-13-21(16-8-6-5-7-9-16)32-23(19)27-22(29)15(2)28(3)14-17-10-11-18(25)12-20(17)26/h5-13,15H,4,14H2,1-3H3,(H,27,29)/t15-/m0/s1. The molecule has 0 saturated heterocycles. The number of amides is 1. The summed E-state index contributed by atoms with van der Waals surface area (Å²) in [6.07, 6.45) is 0. The molecular formula is C24H24Cl2N2O3S. The molecule has 1 atom stereocenters. The molecule has 5 nitrogen and oxygen atoms in total. The highest BCUT2D eigenvalue weighted by Gasteiger charge is 2.24. The summed E-state index contributed by atoms with van der Waals surface area (Å²) in [6.45, 7) is 4.27. The molecule has 3 aromatic rings. The first-order chi connectivity index (χ1) is 15.3. The predicted molar refractivity (Wildman–Crippen MR) is 132 cm³/mol. The van der Waals surface area contributed by atoms with Crippen molar-refractivity contribution in [1.82, 2.24) is 4.90 Å². The quantitative estimate of drug-likeness (QED) is 0.373. The Balaban J connectivity index is 1.79. The lowest BCUT2D eigenvalue weighted by Gasteiger charge is -2.24. The maximum absolute atomic E-state index is 13.0. The number of thiophene rings is 1. The van der Waals surface area contributed by atoms with E-state index in [1.807, 2.05) is 48.3 Å². The van der Waals surface area contributed by atoms with E-state index in [-0.39, 0.29) is 12.5 Å². The Morgan fingerprint density at radius 2 is 1.84 bits per heavy atom. The summed E-state index contributed by atoms with van der Waals surface area (Å²) in [6, 6.07) is 16.3. The van der Waals surface area contributed by atoms with Gasteiger partial charge in [0.05, 0.1) is 18.2 Å². The lowest BCUT2D eigenvalue weighted by Crippen LogP contribution is -2.39. The Hall–Kier alpha value is -2.38. The third-order valence-electron chi connectivity index (χ3n) is 5.00. The average Bonchev–Trinajstić information content (AvgIpc) is 3.19. The van der Waals surface area contributed by atoms with Crippen LogP contribution in [0.15, 0.2) is 54.6 Å². The molecular weight excluding hydrogens is 467 g/mol. The van der Waals surface area contributed by atoms with E-state index in [0.29, 0.717) is 27.2 Å². The van der Waals surface area contributed by atoms with E-state index in [1.54, 1.807) is 32.0 Å². The van der Waals surface area contributed by atoms with Gasteiger partial charge >= 0.3 is 5.97 Å². The molecule has 3 rings (SSSR count). The summed E-state index contributed by atoms with van der Waals surface area (Å²) in [5.74, 6) is -0.695. The van der Waals surface area contributed by atoms with Crippen molar-refractivity contribution in [2.45, 2.75) is 26.4 Å². The molecule has 2 aromatic carbocycles. The van der Waals surface area contributed by atoms with Crippen LogP contribution in [0.2, 0.25) is 10.0 Å². The zero-order valence-electron chi connectivity index (χ0n) is 18.0. The highest BCUT2D eigenvalue weighted by molar-refractivity contribution is 7.20. The second-order valence-corrected chi connectivity index (χ2v) is 9.15. The molecule has 0 saturated carbocycles. The molecule has 32 heavy (non-hydrogen) atoms.